The fourth-order valence-electron chi connectivity index (χ4n) is 0.0371. The van der Waals surface area contributed by atoms with Crippen molar-refractivity contribution in [1.82, 2.24) is 4.84 Å². The molecule has 0 heterocycles. The van der Waals surface area contributed by atoms with Gasteiger partial charge < -0.3 is 0 Å². The Morgan fingerprint density at radius 2 is 2.00 bits per heavy atom. The minimum absolute atomic E-state index is 0.493. The zero-order chi connectivity index (χ0) is 6.78. The van der Waals surface area contributed by atoms with Crippen LogP contribution in [0, 0.1) is 0 Å². The highest BCUT2D eigenvalue weighted by molar-refractivity contribution is 6.65. The Bertz CT molecular complexity index is 102. The first-order valence-electron chi connectivity index (χ1n) is 2.08. The van der Waals surface area contributed by atoms with Crippen molar-refractivity contribution in [3.63, 3.8) is 0 Å². The molecule has 0 aromatic rings. The van der Waals surface area contributed by atoms with E-state index in [4.69, 9.17) is 23.4 Å². The van der Waals surface area contributed by atoms with Gasteiger partial charge in [0.15, 0.2) is 0 Å². The molecular formula is C4H7Cl2NO. The van der Waals surface area contributed by atoms with Gasteiger partial charge in [-0.2, -0.15) is 0 Å². The van der Waals surface area contributed by atoms with Crippen LogP contribution in [0.1, 0.15) is 13.8 Å². The van der Waals surface area contributed by atoms with Gasteiger partial charge in [-0.05, 0) is 37.2 Å². The maximum absolute atomic E-state index is 10.3. The third kappa shape index (κ3) is 1.99. The molecule has 0 aromatic carbocycles. The normalized spacial score (nSPS) is 11.5. The Morgan fingerprint density at radius 3 is 2.00 bits per heavy atom. The molecule has 8 heavy (non-hydrogen) atoms. The van der Waals surface area contributed by atoms with Crippen LogP contribution in [0.15, 0.2) is 0 Å². The van der Waals surface area contributed by atoms with E-state index in [-0.39, 0.29) is 0 Å². The molecule has 2 nitrogen and oxygen atoms in total. The molecule has 0 fully saturated rings. The Morgan fingerprint density at radius 1 is 1.62 bits per heavy atom. The number of hydrogen-bond acceptors (Lipinski definition) is 2. The molecule has 0 unspecified atom stereocenters. The summed E-state index contributed by atoms with van der Waals surface area (Å²) in [5.41, 5.74) is -0.816. The van der Waals surface area contributed by atoms with Crippen molar-refractivity contribution in [3.8, 4) is 0 Å². The van der Waals surface area contributed by atoms with Crippen LogP contribution in [0.25, 0.3) is 0 Å². The second kappa shape index (κ2) is 2.67. The van der Waals surface area contributed by atoms with Crippen LogP contribution in [-0.2, 0) is 4.79 Å². The fraction of sp³-hybridized carbons (Fsp3) is 0.750. The van der Waals surface area contributed by atoms with E-state index in [0.717, 1.165) is 0 Å². The molecule has 0 amide bonds. The molecule has 4 heteroatoms. The van der Waals surface area contributed by atoms with Gasteiger partial charge in [-0.15, -0.1) is 0 Å². The second-order valence-corrected chi connectivity index (χ2v) is 2.53. The van der Waals surface area contributed by atoms with Gasteiger partial charge in [-0.25, -0.2) is 4.84 Å². The lowest BCUT2D eigenvalue weighted by atomic mass is 10.1. The molecular weight excluding hydrogens is 149 g/mol. The van der Waals surface area contributed by atoms with E-state index in [0.29, 0.717) is 0 Å². The first-order chi connectivity index (χ1) is 3.50. The van der Waals surface area contributed by atoms with Crippen molar-refractivity contribution in [1.29, 1.82) is 0 Å². The largest absolute Gasteiger partial charge is 0.279 e. The first-order valence-corrected chi connectivity index (χ1v) is 2.84. The summed E-state index contributed by atoms with van der Waals surface area (Å²) < 4.78 is 0. The standard InChI is InChI=1S/C4H7Cl2NO/c1-4(2,7-6)3(5)8/h7H,1-2H3. The van der Waals surface area contributed by atoms with E-state index in [1.165, 1.54) is 0 Å². The van der Waals surface area contributed by atoms with Gasteiger partial charge in [0, 0.05) is 0 Å². The number of carbonyl (C=O) groups excluding carboxylic acids is 1. The number of rotatable bonds is 2. The summed E-state index contributed by atoms with van der Waals surface area (Å²) in [6.45, 7) is 3.19. The van der Waals surface area contributed by atoms with Crippen molar-refractivity contribution < 1.29 is 4.79 Å². The summed E-state index contributed by atoms with van der Waals surface area (Å²) in [5, 5.41) is -0.493. The Hall–Kier alpha value is 0.210. The van der Waals surface area contributed by atoms with Gasteiger partial charge in [0.1, 0.15) is 5.54 Å². The summed E-state index contributed by atoms with van der Waals surface area (Å²) in [6.07, 6.45) is 0. The average Bonchev–Trinajstić information content (AvgIpc) is 1.67. The summed E-state index contributed by atoms with van der Waals surface area (Å²) in [6, 6.07) is 0. The van der Waals surface area contributed by atoms with Gasteiger partial charge >= 0.3 is 0 Å². The van der Waals surface area contributed by atoms with E-state index in [9.17, 15) is 4.79 Å². The average molecular weight is 156 g/mol. The van der Waals surface area contributed by atoms with Crippen LogP contribution in [-0.4, -0.2) is 10.8 Å². The summed E-state index contributed by atoms with van der Waals surface area (Å²) in [4.78, 5) is 12.5. The van der Waals surface area contributed by atoms with Gasteiger partial charge in [-0.1, -0.05) is 0 Å². The van der Waals surface area contributed by atoms with Crippen LogP contribution in [0.4, 0.5) is 0 Å². The van der Waals surface area contributed by atoms with E-state index in [1.54, 1.807) is 13.8 Å². The lowest BCUT2D eigenvalue weighted by molar-refractivity contribution is -0.115. The number of halogens is 2. The van der Waals surface area contributed by atoms with Gasteiger partial charge in [0.2, 0.25) is 5.24 Å². The van der Waals surface area contributed by atoms with Crippen molar-refractivity contribution in [2.24, 2.45) is 0 Å². The van der Waals surface area contributed by atoms with E-state index >= 15 is 0 Å². The third-order valence-electron chi connectivity index (χ3n) is 0.728. The van der Waals surface area contributed by atoms with Crippen molar-refractivity contribution >= 4 is 28.6 Å². The lowest BCUT2D eigenvalue weighted by Gasteiger charge is -2.14. The van der Waals surface area contributed by atoms with Crippen LogP contribution >= 0.6 is 23.4 Å². The highest BCUT2D eigenvalue weighted by Crippen LogP contribution is 2.06. The quantitative estimate of drug-likeness (QED) is 0.481. The molecule has 0 saturated heterocycles. The van der Waals surface area contributed by atoms with Crippen molar-refractivity contribution in [3.05, 3.63) is 0 Å². The minimum Gasteiger partial charge on any atom is -0.279 e. The molecule has 0 aliphatic carbocycles. The number of carbonyl (C=O) groups is 1. The maximum atomic E-state index is 10.3. The van der Waals surface area contributed by atoms with E-state index in [2.05, 4.69) is 4.84 Å². The summed E-state index contributed by atoms with van der Waals surface area (Å²) >= 11 is 10.2. The SMILES string of the molecule is CC(C)(NCl)C(=O)Cl. The molecule has 0 aromatic heterocycles. The highest BCUT2D eigenvalue weighted by Gasteiger charge is 2.23. The zero-order valence-electron chi connectivity index (χ0n) is 4.66. The van der Waals surface area contributed by atoms with Crippen LogP contribution in [0.5, 0.6) is 0 Å². The molecule has 0 radical (unpaired) electrons. The fourth-order valence-corrected chi connectivity index (χ4v) is 0.219. The maximum Gasteiger partial charge on any atom is 0.242 e. The molecule has 48 valence electrons. The van der Waals surface area contributed by atoms with Gasteiger partial charge in [0.05, 0.1) is 0 Å². The molecule has 0 atom stereocenters. The monoisotopic (exact) mass is 155 g/mol. The summed E-state index contributed by atoms with van der Waals surface area (Å²) in [5.74, 6) is 0. The predicted molar refractivity (Wildman–Crippen MR) is 33.9 cm³/mol. The smallest absolute Gasteiger partial charge is 0.242 e. The van der Waals surface area contributed by atoms with Crippen molar-refractivity contribution in [2.75, 3.05) is 0 Å². The molecule has 0 aliphatic heterocycles. The molecule has 1 N–H and O–H groups in total. The summed E-state index contributed by atoms with van der Waals surface area (Å²) in [7, 11) is 0. The van der Waals surface area contributed by atoms with E-state index < -0.39 is 10.8 Å². The van der Waals surface area contributed by atoms with E-state index in [1.807, 2.05) is 0 Å². The Balaban J connectivity index is 3.91. The molecule has 0 spiro atoms. The van der Waals surface area contributed by atoms with Crippen LogP contribution in [0.3, 0.4) is 0 Å². The Kier molecular flexibility index (Phi) is 2.74. The molecule has 0 aliphatic rings. The lowest BCUT2D eigenvalue weighted by Crippen LogP contribution is -2.38. The predicted octanol–water partition coefficient (Wildman–Crippen LogP) is 1.27. The topological polar surface area (TPSA) is 29.1 Å². The Labute approximate surface area is 58.3 Å². The van der Waals surface area contributed by atoms with Crippen molar-refractivity contribution in [2.45, 2.75) is 19.4 Å². The molecule has 0 saturated carbocycles. The van der Waals surface area contributed by atoms with Crippen LogP contribution < -0.4 is 4.84 Å². The van der Waals surface area contributed by atoms with Crippen LogP contribution in [0.2, 0.25) is 0 Å². The highest BCUT2D eigenvalue weighted by atomic mass is 35.5. The number of hydrogen-bond donors (Lipinski definition) is 1. The van der Waals surface area contributed by atoms with Gasteiger partial charge in [-0.3, -0.25) is 4.79 Å². The minimum atomic E-state index is -0.816. The molecule has 0 bridgehead atoms. The zero-order valence-corrected chi connectivity index (χ0v) is 6.18. The number of nitrogens with one attached hydrogen (secondary N) is 1. The van der Waals surface area contributed by atoms with Gasteiger partial charge in [0.25, 0.3) is 0 Å². The molecule has 0 rings (SSSR count). The first kappa shape index (κ1) is 8.21. The second-order valence-electron chi connectivity index (χ2n) is 1.99. The third-order valence-corrected chi connectivity index (χ3v) is 1.67.